The van der Waals surface area contributed by atoms with E-state index >= 15 is 0 Å². The molecule has 1 aromatic carbocycles. The summed E-state index contributed by atoms with van der Waals surface area (Å²) in [6, 6.07) is 7.06. The molecule has 2 rings (SSSR count). The van der Waals surface area contributed by atoms with Gasteiger partial charge in [0.1, 0.15) is 5.56 Å². The fraction of sp³-hybridized carbons (Fsp3) is 0.368. The number of carbonyl (C=O) groups excluding carboxylic acids is 1. The second-order valence-electron chi connectivity index (χ2n) is 6.47. The average Bonchev–Trinajstić information content (AvgIpc) is 2.62. The SMILES string of the molecule is CCCCC(=O)N/N=C/c1c(O)n(-c2ccc(C(C)C)cc2)c(=O)[nH]c1=O. The summed E-state index contributed by atoms with van der Waals surface area (Å²) in [5.74, 6) is -0.520. The number of hydrogen-bond donors (Lipinski definition) is 3. The number of aromatic hydroxyl groups is 1. The van der Waals surface area contributed by atoms with Crippen molar-refractivity contribution in [1.82, 2.24) is 15.0 Å². The van der Waals surface area contributed by atoms with Gasteiger partial charge in [-0.3, -0.25) is 14.6 Å². The van der Waals surface area contributed by atoms with Gasteiger partial charge in [-0.1, -0.05) is 39.3 Å². The summed E-state index contributed by atoms with van der Waals surface area (Å²) in [5, 5.41) is 14.1. The number of amides is 1. The van der Waals surface area contributed by atoms with Crippen molar-refractivity contribution in [1.29, 1.82) is 0 Å². The first kappa shape index (κ1) is 20.2. The number of hydrogen-bond acceptors (Lipinski definition) is 5. The molecule has 0 atom stereocenters. The molecule has 0 saturated heterocycles. The first-order valence-corrected chi connectivity index (χ1v) is 8.85. The molecule has 1 amide bonds. The molecule has 0 saturated carbocycles. The number of rotatable bonds is 7. The van der Waals surface area contributed by atoms with Crippen molar-refractivity contribution in [2.45, 2.75) is 46.0 Å². The number of carbonyl (C=O) groups is 1. The molecule has 0 unspecified atom stereocenters. The molecule has 1 heterocycles. The van der Waals surface area contributed by atoms with Gasteiger partial charge in [-0.15, -0.1) is 0 Å². The lowest BCUT2D eigenvalue weighted by Crippen LogP contribution is -2.31. The van der Waals surface area contributed by atoms with Crippen molar-refractivity contribution in [2.24, 2.45) is 5.10 Å². The summed E-state index contributed by atoms with van der Waals surface area (Å²) in [4.78, 5) is 37.9. The zero-order valence-electron chi connectivity index (χ0n) is 15.7. The van der Waals surface area contributed by atoms with E-state index in [1.807, 2.05) is 32.9 Å². The molecule has 8 heteroatoms. The second kappa shape index (κ2) is 8.98. The maximum Gasteiger partial charge on any atom is 0.335 e. The van der Waals surface area contributed by atoms with Crippen molar-refractivity contribution in [3.8, 4) is 11.6 Å². The van der Waals surface area contributed by atoms with E-state index < -0.39 is 17.1 Å². The van der Waals surface area contributed by atoms with E-state index in [1.54, 1.807) is 12.1 Å². The third kappa shape index (κ3) is 4.93. The summed E-state index contributed by atoms with van der Waals surface area (Å²) in [6.45, 7) is 6.05. The van der Waals surface area contributed by atoms with Gasteiger partial charge in [0.2, 0.25) is 11.8 Å². The molecule has 27 heavy (non-hydrogen) atoms. The summed E-state index contributed by atoms with van der Waals surface area (Å²) in [6.07, 6.45) is 2.94. The van der Waals surface area contributed by atoms with Gasteiger partial charge in [0.15, 0.2) is 0 Å². The van der Waals surface area contributed by atoms with E-state index in [2.05, 4.69) is 15.5 Å². The molecular formula is C19H24N4O4. The van der Waals surface area contributed by atoms with Crippen LogP contribution in [0.3, 0.4) is 0 Å². The number of aromatic amines is 1. The molecule has 0 spiro atoms. The van der Waals surface area contributed by atoms with Crippen LogP contribution < -0.4 is 16.7 Å². The van der Waals surface area contributed by atoms with Crippen molar-refractivity contribution in [3.63, 3.8) is 0 Å². The van der Waals surface area contributed by atoms with Gasteiger partial charge >= 0.3 is 5.69 Å². The van der Waals surface area contributed by atoms with Crippen molar-refractivity contribution in [3.05, 3.63) is 56.2 Å². The van der Waals surface area contributed by atoms with Gasteiger partial charge in [0.25, 0.3) is 5.56 Å². The third-order valence-electron chi connectivity index (χ3n) is 4.08. The van der Waals surface area contributed by atoms with Crippen LogP contribution in [0.15, 0.2) is 39.0 Å². The number of unbranched alkanes of at least 4 members (excludes halogenated alkanes) is 1. The number of H-pyrrole nitrogens is 1. The summed E-state index contributed by atoms with van der Waals surface area (Å²) in [7, 11) is 0. The normalized spacial score (nSPS) is 11.3. The first-order chi connectivity index (χ1) is 12.8. The van der Waals surface area contributed by atoms with E-state index in [9.17, 15) is 19.5 Å². The number of nitrogens with one attached hydrogen (secondary N) is 2. The molecule has 0 bridgehead atoms. The quantitative estimate of drug-likeness (QED) is 0.509. The lowest BCUT2D eigenvalue weighted by molar-refractivity contribution is -0.121. The number of aromatic nitrogens is 2. The van der Waals surface area contributed by atoms with Crippen LogP contribution in [0, 0.1) is 0 Å². The maximum absolute atomic E-state index is 12.2. The zero-order chi connectivity index (χ0) is 20.0. The molecule has 0 radical (unpaired) electrons. The predicted molar refractivity (Wildman–Crippen MR) is 104 cm³/mol. The Balaban J connectivity index is 2.35. The fourth-order valence-electron chi connectivity index (χ4n) is 2.46. The lowest BCUT2D eigenvalue weighted by atomic mass is 10.0. The predicted octanol–water partition coefficient (Wildman–Crippen LogP) is 2.00. The first-order valence-electron chi connectivity index (χ1n) is 8.85. The Kier molecular flexibility index (Phi) is 6.70. The van der Waals surface area contributed by atoms with Gasteiger partial charge < -0.3 is 5.11 Å². The summed E-state index contributed by atoms with van der Waals surface area (Å²) < 4.78 is 0.978. The monoisotopic (exact) mass is 372 g/mol. The molecule has 8 nitrogen and oxygen atoms in total. The van der Waals surface area contributed by atoms with E-state index in [0.717, 1.165) is 29.2 Å². The van der Waals surface area contributed by atoms with Gasteiger partial charge in [-0.25, -0.2) is 14.8 Å². The van der Waals surface area contributed by atoms with Crippen LogP contribution in [0.2, 0.25) is 0 Å². The Bertz CT molecular complexity index is 940. The molecule has 0 aliphatic rings. The summed E-state index contributed by atoms with van der Waals surface area (Å²) in [5.41, 5.74) is 1.99. The van der Waals surface area contributed by atoms with E-state index in [4.69, 9.17) is 0 Å². The topological polar surface area (TPSA) is 117 Å². The number of nitrogens with zero attached hydrogens (tertiary/aromatic N) is 2. The van der Waals surface area contributed by atoms with Crippen LogP contribution in [0.4, 0.5) is 0 Å². The summed E-state index contributed by atoms with van der Waals surface area (Å²) >= 11 is 0. The molecular weight excluding hydrogens is 348 g/mol. The smallest absolute Gasteiger partial charge is 0.335 e. The van der Waals surface area contributed by atoms with Crippen LogP contribution in [0.1, 0.15) is 57.1 Å². The largest absolute Gasteiger partial charge is 0.493 e. The van der Waals surface area contributed by atoms with Crippen LogP contribution in [0.25, 0.3) is 5.69 Å². The maximum atomic E-state index is 12.2. The second-order valence-corrected chi connectivity index (χ2v) is 6.47. The lowest BCUT2D eigenvalue weighted by Gasteiger charge is -2.11. The Morgan fingerprint density at radius 2 is 1.96 bits per heavy atom. The molecule has 0 aliphatic heterocycles. The molecule has 0 fully saturated rings. The molecule has 2 aromatic rings. The van der Waals surface area contributed by atoms with E-state index in [0.29, 0.717) is 18.0 Å². The number of benzene rings is 1. The zero-order valence-corrected chi connectivity index (χ0v) is 15.7. The fourth-order valence-corrected chi connectivity index (χ4v) is 2.46. The minimum absolute atomic E-state index is 0.224. The number of hydrazone groups is 1. The highest BCUT2D eigenvalue weighted by atomic mass is 16.3. The Labute approximate surface area is 156 Å². The Morgan fingerprint density at radius 1 is 1.30 bits per heavy atom. The van der Waals surface area contributed by atoms with Gasteiger partial charge in [-0.2, -0.15) is 5.10 Å². The Morgan fingerprint density at radius 3 is 2.56 bits per heavy atom. The van der Waals surface area contributed by atoms with Gasteiger partial charge in [0, 0.05) is 6.42 Å². The molecule has 144 valence electrons. The van der Waals surface area contributed by atoms with Crippen molar-refractivity contribution >= 4 is 12.1 Å². The van der Waals surface area contributed by atoms with Crippen LogP contribution in [-0.4, -0.2) is 26.8 Å². The van der Waals surface area contributed by atoms with Gasteiger partial charge in [0.05, 0.1) is 11.9 Å². The minimum Gasteiger partial charge on any atom is -0.493 e. The standard InChI is InChI=1S/C19H24N4O4/c1-4-5-6-16(24)22-20-11-15-17(25)21-19(27)23(18(15)26)14-9-7-13(8-10-14)12(2)3/h7-12,26H,4-6H2,1-3H3,(H,22,24)(H,21,25,27)/b20-11+. The molecule has 0 aliphatic carbocycles. The minimum atomic E-state index is -0.792. The van der Waals surface area contributed by atoms with Crippen molar-refractivity contribution < 1.29 is 9.90 Å². The molecule has 3 N–H and O–H groups in total. The van der Waals surface area contributed by atoms with Crippen LogP contribution >= 0.6 is 0 Å². The van der Waals surface area contributed by atoms with Crippen molar-refractivity contribution in [2.75, 3.05) is 0 Å². The van der Waals surface area contributed by atoms with E-state index in [1.165, 1.54) is 0 Å². The highest BCUT2D eigenvalue weighted by Crippen LogP contribution is 2.19. The highest BCUT2D eigenvalue weighted by molar-refractivity contribution is 5.84. The van der Waals surface area contributed by atoms with E-state index in [-0.39, 0.29) is 11.5 Å². The van der Waals surface area contributed by atoms with Crippen LogP contribution in [-0.2, 0) is 4.79 Å². The Hall–Kier alpha value is -3.16. The highest BCUT2D eigenvalue weighted by Gasteiger charge is 2.14. The van der Waals surface area contributed by atoms with Crippen LogP contribution in [0.5, 0.6) is 5.88 Å². The van der Waals surface area contributed by atoms with Gasteiger partial charge in [-0.05, 0) is 30.0 Å². The molecule has 1 aromatic heterocycles. The average molecular weight is 372 g/mol. The third-order valence-corrected chi connectivity index (χ3v) is 4.08.